The maximum Gasteiger partial charge on any atom is 0.143 e. The minimum absolute atomic E-state index is 0.367. The Bertz CT molecular complexity index is 3320. The SMILES string of the molecule is CCC1C(C2=CCCC=C2)C=C(c2ccc(N(c3ccc(-c4cccc5c4oc4ccccc45)cc3)c3ccc(-c4cccc5c4oc4ccccc45)cc3)cc2)CCCC1c1ccccc1. The molecule has 8 aromatic carbocycles. The van der Waals surface area contributed by atoms with Gasteiger partial charge in [0.2, 0.25) is 0 Å². The second-order valence-electron chi connectivity index (χ2n) is 18.4. The summed E-state index contributed by atoms with van der Waals surface area (Å²) in [4.78, 5) is 2.38. The van der Waals surface area contributed by atoms with Crippen LogP contribution in [0.4, 0.5) is 17.1 Å². The number of anilines is 3. The summed E-state index contributed by atoms with van der Waals surface area (Å²) in [5, 5.41) is 4.55. The summed E-state index contributed by atoms with van der Waals surface area (Å²) < 4.78 is 12.9. The van der Waals surface area contributed by atoms with E-state index in [-0.39, 0.29) is 0 Å². The lowest BCUT2D eigenvalue weighted by molar-refractivity contribution is 0.325. The van der Waals surface area contributed by atoms with E-state index in [1.165, 1.54) is 35.1 Å². The van der Waals surface area contributed by atoms with Gasteiger partial charge in [0.1, 0.15) is 22.3 Å². The Labute approximate surface area is 393 Å². The Balaban J connectivity index is 0.925. The van der Waals surface area contributed by atoms with Crippen LogP contribution in [0.15, 0.2) is 227 Å². The second kappa shape index (κ2) is 17.6. The molecule has 3 unspecified atom stereocenters. The van der Waals surface area contributed by atoms with Crippen LogP contribution < -0.4 is 4.90 Å². The van der Waals surface area contributed by atoms with E-state index in [9.17, 15) is 0 Å². The molecule has 2 heterocycles. The number of furan rings is 2. The lowest BCUT2D eigenvalue weighted by Gasteiger charge is -2.36. The number of para-hydroxylation sites is 4. The molecule has 0 aliphatic heterocycles. The minimum atomic E-state index is 0.367. The van der Waals surface area contributed by atoms with Gasteiger partial charge in [-0.05, 0) is 126 Å². The van der Waals surface area contributed by atoms with E-state index in [0.717, 1.165) is 109 Å². The quantitative estimate of drug-likeness (QED) is 0.145. The third kappa shape index (κ3) is 7.59. The molecule has 326 valence electrons. The fourth-order valence-electron chi connectivity index (χ4n) is 11.3. The highest BCUT2D eigenvalue weighted by atomic mass is 16.3. The molecule has 3 atom stereocenters. The molecule has 0 saturated heterocycles. The highest BCUT2D eigenvalue weighted by molar-refractivity contribution is 6.10. The van der Waals surface area contributed by atoms with Crippen molar-refractivity contribution in [1.29, 1.82) is 0 Å². The van der Waals surface area contributed by atoms with Gasteiger partial charge in [0, 0.05) is 55.7 Å². The van der Waals surface area contributed by atoms with Crippen LogP contribution in [-0.4, -0.2) is 0 Å². The van der Waals surface area contributed by atoms with Crippen molar-refractivity contribution >= 4 is 66.5 Å². The first-order chi connectivity index (χ1) is 33.2. The van der Waals surface area contributed by atoms with Crippen LogP contribution in [-0.2, 0) is 0 Å². The Morgan fingerprint density at radius 1 is 0.507 bits per heavy atom. The summed E-state index contributed by atoms with van der Waals surface area (Å²) in [5.41, 5.74) is 17.1. The topological polar surface area (TPSA) is 29.5 Å². The van der Waals surface area contributed by atoms with Gasteiger partial charge in [-0.2, -0.15) is 0 Å². The number of nitrogens with zero attached hydrogens (tertiary/aromatic N) is 1. The van der Waals surface area contributed by atoms with Crippen LogP contribution in [0.3, 0.4) is 0 Å². The van der Waals surface area contributed by atoms with E-state index in [1.54, 1.807) is 0 Å². The van der Waals surface area contributed by atoms with Gasteiger partial charge >= 0.3 is 0 Å². The van der Waals surface area contributed by atoms with Gasteiger partial charge in [0.15, 0.2) is 0 Å². The van der Waals surface area contributed by atoms with Crippen molar-refractivity contribution in [2.45, 2.75) is 51.4 Å². The molecule has 0 radical (unpaired) electrons. The zero-order valence-corrected chi connectivity index (χ0v) is 37.9. The van der Waals surface area contributed by atoms with Crippen LogP contribution in [0.25, 0.3) is 71.7 Å². The molecule has 67 heavy (non-hydrogen) atoms. The number of rotatable bonds is 9. The first-order valence-corrected chi connectivity index (χ1v) is 24.2. The standard InChI is InChI=1S/C64H53NO2/c1-2-52-53(44-16-5-3-6-17-44)23-13-20-48(42-60(52)45-18-7-4-8-19-45)43-30-36-49(37-31-43)65(50-38-32-46(33-39-50)54-24-14-26-58-56-21-9-11-28-61(56)66-63(54)58)51-40-34-47(35-41-51)55-25-15-27-59-57-22-10-12-29-62(57)67-64(55)59/h3,5-7,9-12,14-19,21-22,24-42,52-53,60H,2,4,8,13,20,23H2,1H3. The van der Waals surface area contributed by atoms with Crippen LogP contribution in [0.1, 0.15) is 62.5 Å². The summed E-state index contributed by atoms with van der Waals surface area (Å²) in [5.74, 6) is 1.44. The molecule has 0 amide bonds. The van der Waals surface area contributed by atoms with Gasteiger partial charge < -0.3 is 13.7 Å². The highest BCUT2D eigenvalue weighted by Crippen LogP contribution is 2.46. The number of fused-ring (bicyclic) bond motifs is 6. The molecule has 12 rings (SSSR count). The fourth-order valence-corrected chi connectivity index (χ4v) is 11.3. The van der Waals surface area contributed by atoms with Gasteiger partial charge in [0.25, 0.3) is 0 Å². The van der Waals surface area contributed by atoms with E-state index in [1.807, 2.05) is 12.1 Å². The molecule has 0 spiro atoms. The van der Waals surface area contributed by atoms with Crippen LogP contribution >= 0.6 is 0 Å². The lowest BCUT2D eigenvalue weighted by atomic mass is 9.68. The average Bonchev–Trinajstić information content (AvgIpc) is 3.97. The number of allylic oxidation sites excluding steroid dienone is 6. The summed E-state index contributed by atoms with van der Waals surface area (Å²) in [6.07, 6.45) is 16.8. The Kier molecular flexibility index (Phi) is 10.8. The third-order valence-electron chi connectivity index (χ3n) is 14.6. The van der Waals surface area contributed by atoms with E-state index >= 15 is 0 Å². The number of hydrogen-bond donors (Lipinski definition) is 0. The smallest absolute Gasteiger partial charge is 0.143 e. The molecule has 2 aliphatic carbocycles. The third-order valence-corrected chi connectivity index (χ3v) is 14.6. The van der Waals surface area contributed by atoms with Gasteiger partial charge in [0.05, 0.1) is 0 Å². The monoisotopic (exact) mass is 867 g/mol. The van der Waals surface area contributed by atoms with Crippen molar-refractivity contribution in [1.82, 2.24) is 0 Å². The Morgan fingerprint density at radius 3 is 1.57 bits per heavy atom. The van der Waals surface area contributed by atoms with Crippen molar-refractivity contribution in [3.8, 4) is 22.3 Å². The van der Waals surface area contributed by atoms with Crippen LogP contribution in [0.5, 0.6) is 0 Å². The molecular weight excluding hydrogens is 815 g/mol. The van der Waals surface area contributed by atoms with Crippen molar-refractivity contribution in [3.05, 3.63) is 229 Å². The second-order valence-corrected chi connectivity index (χ2v) is 18.4. The van der Waals surface area contributed by atoms with Crippen molar-refractivity contribution in [3.63, 3.8) is 0 Å². The lowest BCUT2D eigenvalue weighted by Crippen LogP contribution is -2.24. The normalized spacial score (nSPS) is 17.7. The number of benzene rings is 8. The Morgan fingerprint density at radius 2 is 1.03 bits per heavy atom. The maximum atomic E-state index is 6.47. The first-order valence-electron chi connectivity index (χ1n) is 24.2. The Hall–Kier alpha value is -7.62. The molecule has 2 aromatic heterocycles. The predicted octanol–water partition coefficient (Wildman–Crippen LogP) is 18.6. The molecule has 2 aliphatic rings. The fraction of sp³-hybridized carbons (Fsp3) is 0.156. The predicted molar refractivity (Wildman–Crippen MR) is 281 cm³/mol. The van der Waals surface area contributed by atoms with Gasteiger partial charge in [-0.15, -0.1) is 0 Å². The molecule has 3 heteroatoms. The summed E-state index contributed by atoms with van der Waals surface area (Å²) in [6.45, 7) is 2.40. The number of hydrogen-bond acceptors (Lipinski definition) is 3. The van der Waals surface area contributed by atoms with E-state index < -0.39 is 0 Å². The zero-order chi connectivity index (χ0) is 44.7. The van der Waals surface area contributed by atoms with Crippen molar-refractivity contribution < 1.29 is 8.83 Å². The van der Waals surface area contributed by atoms with E-state index in [0.29, 0.717) is 17.8 Å². The van der Waals surface area contributed by atoms with Crippen LogP contribution in [0.2, 0.25) is 0 Å². The van der Waals surface area contributed by atoms with Gasteiger partial charge in [-0.3, -0.25) is 0 Å². The summed E-state index contributed by atoms with van der Waals surface area (Å²) >= 11 is 0. The zero-order valence-electron chi connectivity index (χ0n) is 37.9. The molecule has 0 N–H and O–H groups in total. The van der Waals surface area contributed by atoms with Crippen LogP contribution in [0, 0.1) is 11.8 Å². The van der Waals surface area contributed by atoms with Crippen molar-refractivity contribution in [2.24, 2.45) is 11.8 Å². The molecular formula is C64H53NO2. The van der Waals surface area contributed by atoms with Crippen molar-refractivity contribution in [2.75, 3.05) is 4.90 Å². The molecule has 3 nitrogen and oxygen atoms in total. The minimum Gasteiger partial charge on any atom is -0.455 e. The molecule has 0 saturated carbocycles. The maximum absolute atomic E-state index is 6.47. The molecule has 0 fully saturated rings. The highest BCUT2D eigenvalue weighted by Gasteiger charge is 2.32. The first kappa shape index (κ1) is 40.9. The van der Waals surface area contributed by atoms with Gasteiger partial charge in [-0.25, -0.2) is 0 Å². The van der Waals surface area contributed by atoms with E-state index in [2.05, 4.69) is 212 Å². The largest absolute Gasteiger partial charge is 0.455 e. The molecule has 0 bridgehead atoms. The summed E-state index contributed by atoms with van der Waals surface area (Å²) in [6, 6.07) is 68.1. The molecule has 10 aromatic rings. The summed E-state index contributed by atoms with van der Waals surface area (Å²) in [7, 11) is 0. The average molecular weight is 868 g/mol. The van der Waals surface area contributed by atoms with Gasteiger partial charge in [-0.1, -0.05) is 177 Å². The van der Waals surface area contributed by atoms with E-state index in [4.69, 9.17) is 8.83 Å².